The van der Waals surface area contributed by atoms with Crippen molar-refractivity contribution in [3.63, 3.8) is 0 Å². The summed E-state index contributed by atoms with van der Waals surface area (Å²) >= 11 is 0. The number of ether oxygens (including phenoxy) is 1. The van der Waals surface area contributed by atoms with Crippen molar-refractivity contribution in [1.82, 2.24) is 10.2 Å². The van der Waals surface area contributed by atoms with Gasteiger partial charge in [0.2, 0.25) is 5.91 Å². The molecule has 1 saturated heterocycles. The van der Waals surface area contributed by atoms with E-state index in [1.165, 1.54) is 0 Å². The number of carbonyl (C=O) groups excluding carboxylic acids is 1. The Morgan fingerprint density at radius 1 is 1.25 bits per heavy atom. The van der Waals surface area contributed by atoms with E-state index in [9.17, 15) is 4.79 Å². The molecule has 0 saturated carbocycles. The van der Waals surface area contributed by atoms with E-state index < -0.39 is 0 Å². The van der Waals surface area contributed by atoms with E-state index in [1.807, 2.05) is 30.0 Å². The van der Waals surface area contributed by atoms with Gasteiger partial charge in [-0.3, -0.25) is 10.1 Å². The highest BCUT2D eigenvalue weighted by Crippen LogP contribution is 2.25. The number of hydrogen-bond donors (Lipinski definition) is 1. The quantitative estimate of drug-likeness (QED) is 0.777. The van der Waals surface area contributed by atoms with Crippen LogP contribution < -0.4 is 5.32 Å². The highest BCUT2D eigenvalue weighted by Gasteiger charge is 2.36. The standard InChI is InChI=1S/C16H24N2O2/c1-3-11-20-12-7-10-18-15(17-13(2)16(18)19)14-8-5-4-6-9-14/h4-6,8-9,13,15,17H,3,7,10-12H2,1-2H3. The van der Waals surface area contributed by atoms with Crippen molar-refractivity contribution in [2.75, 3.05) is 19.8 Å². The number of amides is 1. The molecule has 4 heteroatoms. The maximum absolute atomic E-state index is 12.2. The van der Waals surface area contributed by atoms with Crippen molar-refractivity contribution in [1.29, 1.82) is 0 Å². The van der Waals surface area contributed by atoms with Crippen LogP contribution in [-0.2, 0) is 9.53 Å². The molecular formula is C16H24N2O2. The maximum atomic E-state index is 12.2. The van der Waals surface area contributed by atoms with Crippen LogP contribution in [0.1, 0.15) is 38.4 Å². The number of nitrogens with one attached hydrogen (secondary N) is 1. The Balaban J connectivity index is 1.94. The lowest BCUT2D eigenvalue weighted by molar-refractivity contribution is -0.130. The summed E-state index contributed by atoms with van der Waals surface area (Å²) in [6.07, 6.45) is 1.90. The normalized spacial score (nSPS) is 22.5. The van der Waals surface area contributed by atoms with Gasteiger partial charge in [0, 0.05) is 19.8 Å². The third kappa shape index (κ3) is 3.58. The number of rotatable bonds is 7. The first-order chi connectivity index (χ1) is 9.74. The molecule has 0 aromatic heterocycles. The number of carbonyl (C=O) groups is 1. The zero-order chi connectivity index (χ0) is 14.4. The Hall–Kier alpha value is -1.39. The molecule has 0 radical (unpaired) electrons. The van der Waals surface area contributed by atoms with E-state index in [1.54, 1.807) is 0 Å². The highest BCUT2D eigenvalue weighted by atomic mass is 16.5. The van der Waals surface area contributed by atoms with E-state index in [4.69, 9.17) is 4.74 Å². The second-order valence-corrected chi connectivity index (χ2v) is 5.20. The maximum Gasteiger partial charge on any atom is 0.241 e. The van der Waals surface area contributed by atoms with Crippen LogP contribution in [0.15, 0.2) is 30.3 Å². The minimum Gasteiger partial charge on any atom is -0.381 e. The molecule has 1 aliphatic heterocycles. The average molecular weight is 276 g/mol. The molecule has 2 unspecified atom stereocenters. The average Bonchev–Trinajstić information content (AvgIpc) is 2.76. The van der Waals surface area contributed by atoms with Crippen molar-refractivity contribution >= 4 is 5.91 Å². The molecule has 1 aliphatic rings. The molecule has 1 amide bonds. The number of nitrogens with zero attached hydrogens (tertiary/aromatic N) is 1. The van der Waals surface area contributed by atoms with Crippen molar-refractivity contribution in [3.8, 4) is 0 Å². The van der Waals surface area contributed by atoms with Crippen molar-refractivity contribution in [2.24, 2.45) is 0 Å². The summed E-state index contributed by atoms with van der Waals surface area (Å²) in [5.74, 6) is 0.175. The first kappa shape index (κ1) is 15.0. The third-order valence-corrected chi connectivity index (χ3v) is 3.52. The number of hydrogen-bond acceptors (Lipinski definition) is 3. The van der Waals surface area contributed by atoms with Gasteiger partial charge < -0.3 is 9.64 Å². The summed E-state index contributed by atoms with van der Waals surface area (Å²) in [6, 6.07) is 10.0. The Bertz CT molecular complexity index is 422. The smallest absolute Gasteiger partial charge is 0.241 e. The third-order valence-electron chi connectivity index (χ3n) is 3.52. The van der Waals surface area contributed by atoms with E-state index in [0.717, 1.165) is 31.6 Å². The van der Waals surface area contributed by atoms with Gasteiger partial charge in [-0.15, -0.1) is 0 Å². The fourth-order valence-corrected chi connectivity index (χ4v) is 2.51. The Morgan fingerprint density at radius 2 is 2.00 bits per heavy atom. The van der Waals surface area contributed by atoms with Gasteiger partial charge in [-0.25, -0.2) is 0 Å². The second-order valence-electron chi connectivity index (χ2n) is 5.20. The molecule has 20 heavy (non-hydrogen) atoms. The lowest BCUT2D eigenvalue weighted by Gasteiger charge is -2.24. The van der Waals surface area contributed by atoms with E-state index in [0.29, 0.717) is 6.61 Å². The summed E-state index contributed by atoms with van der Waals surface area (Å²) in [5.41, 5.74) is 1.14. The SMILES string of the molecule is CCCOCCCN1C(=O)C(C)NC1c1ccccc1. The lowest BCUT2D eigenvalue weighted by Crippen LogP contribution is -2.32. The summed E-state index contributed by atoms with van der Waals surface area (Å²) in [6.45, 7) is 6.27. The van der Waals surface area contributed by atoms with Gasteiger partial charge >= 0.3 is 0 Å². The molecule has 0 spiro atoms. The largest absolute Gasteiger partial charge is 0.381 e. The van der Waals surface area contributed by atoms with Gasteiger partial charge in [-0.05, 0) is 25.3 Å². The summed E-state index contributed by atoms with van der Waals surface area (Å²) < 4.78 is 5.49. The molecule has 2 atom stereocenters. The molecule has 1 N–H and O–H groups in total. The van der Waals surface area contributed by atoms with Gasteiger partial charge in [0.15, 0.2) is 0 Å². The zero-order valence-corrected chi connectivity index (χ0v) is 12.3. The van der Waals surface area contributed by atoms with E-state index in [-0.39, 0.29) is 18.1 Å². The minimum absolute atomic E-state index is 0.00937. The Kier molecular flexibility index (Phi) is 5.56. The van der Waals surface area contributed by atoms with Gasteiger partial charge in [-0.1, -0.05) is 37.3 Å². The van der Waals surface area contributed by atoms with Gasteiger partial charge in [0.1, 0.15) is 6.17 Å². The first-order valence-corrected chi connectivity index (χ1v) is 7.43. The fourth-order valence-electron chi connectivity index (χ4n) is 2.51. The van der Waals surface area contributed by atoms with Crippen molar-refractivity contribution in [2.45, 2.75) is 38.9 Å². The molecule has 110 valence electrons. The highest BCUT2D eigenvalue weighted by molar-refractivity contribution is 5.84. The predicted octanol–water partition coefficient (Wildman–Crippen LogP) is 2.32. The summed E-state index contributed by atoms with van der Waals surface area (Å²) in [4.78, 5) is 14.2. The molecule has 0 bridgehead atoms. The van der Waals surface area contributed by atoms with Gasteiger partial charge in [-0.2, -0.15) is 0 Å². The molecular weight excluding hydrogens is 252 g/mol. The molecule has 1 heterocycles. The van der Waals surface area contributed by atoms with Gasteiger partial charge in [0.25, 0.3) is 0 Å². The fraction of sp³-hybridized carbons (Fsp3) is 0.562. The van der Waals surface area contributed by atoms with E-state index >= 15 is 0 Å². The zero-order valence-electron chi connectivity index (χ0n) is 12.3. The van der Waals surface area contributed by atoms with Crippen LogP contribution in [0, 0.1) is 0 Å². The predicted molar refractivity (Wildman–Crippen MR) is 79.2 cm³/mol. The topological polar surface area (TPSA) is 41.6 Å². The minimum atomic E-state index is -0.114. The van der Waals surface area contributed by atoms with Crippen LogP contribution in [0.4, 0.5) is 0 Å². The van der Waals surface area contributed by atoms with Crippen molar-refractivity contribution < 1.29 is 9.53 Å². The summed E-state index contributed by atoms with van der Waals surface area (Å²) in [5, 5.41) is 3.36. The van der Waals surface area contributed by atoms with Crippen LogP contribution in [-0.4, -0.2) is 36.6 Å². The number of benzene rings is 1. The first-order valence-electron chi connectivity index (χ1n) is 7.43. The molecule has 2 rings (SSSR count). The molecule has 1 fully saturated rings. The van der Waals surface area contributed by atoms with Gasteiger partial charge in [0.05, 0.1) is 6.04 Å². The Morgan fingerprint density at radius 3 is 2.70 bits per heavy atom. The molecule has 0 aliphatic carbocycles. The summed E-state index contributed by atoms with van der Waals surface area (Å²) in [7, 11) is 0. The molecule has 4 nitrogen and oxygen atoms in total. The second kappa shape index (κ2) is 7.41. The van der Waals surface area contributed by atoms with Crippen LogP contribution in [0.3, 0.4) is 0 Å². The molecule has 1 aromatic carbocycles. The lowest BCUT2D eigenvalue weighted by atomic mass is 10.1. The van der Waals surface area contributed by atoms with Crippen LogP contribution >= 0.6 is 0 Å². The van der Waals surface area contributed by atoms with Crippen molar-refractivity contribution in [3.05, 3.63) is 35.9 Å². The van der Waals surface area contributed by atoms with Crippen LogP contribution in [0.2, 0.25) is 0 Å². The van der Waals surface area contributed by atoms with Crippen LogP contribution in [0.25, 0.3) is 0 Å². The molecule has 1 aromatic rings. The Labute approximate surface area is 121 Å². The van der Waals surface area contributed by atoms with E-state index in [2.05, 4.69) is 24.4 Å². The van der Waals surface area contributed by atoms with Crippen LogP contribution in [0.5, 0.6) is 0 Å². The monoisotopic (exact) mass is 276 g/mol.